The normalized spacial score (nSPS) is 10.0. The second-order valence-corrected chi connectivity index (χ2v) is 5.30. The van der Waals surface area contributed by atoms with Crippen molar-refractivity contribution in [1.82, 2.24) is 5.32 Å². The van der Waals surface area contributed by atoms with Crippen LogP contribution in [0.3, 0.4) is 0 Å². The van der Waals surface area contributed by atoms with Crippen molar-refractivity contribution < 1.29 is 19.1 Å². The van der Waals surface area contributed by atoms with Crippen molar-refractivity contribution in [2.45, 2.75) is 13.3 Å². The van der Waals surface area contributed by atoms with Crippen LogP contribution in [0.15, 0.2) is 42.5 Å². The van der Waals surface area contributed by atoms with E-state index in [9.17, 15) is 9.59 Å². The highest BCUT2D eigenvalue weighted by atomic mass is 16.5. The molecule has 0 aliphatic rings. The summed E-state index contributed by atoms with van der Waals surface area (Å²) in [5, 5.41) is 5.34. The van der Waals surface area contributed by atoms with Gasteiger partial charge < -0.3 is 20.1 Å². The van der Waals surface area contributed by atoms with Gasteiger partial charge in [-0.2, -0.15) is 0 Å². The molecular weight excluding hydrogens is 320 g/mol. The molecule has 2 aromatic carbocycles. The van der Waals surface area contributed by atoms with Crippen molar-refractivity contribution in [3.05, 3.63) is 53.6 Å². The largest absolute Gasteiger partial charge is 0.495 e. The molecule has 0 unspecified atom stereocenters. The second-order valence-electron chi connectivity index (χ2n) is 5.30. The summed E-state index contributed by atoms with van der Waals surface area (Å²) >= 11 is 0. The molecule has 0 aliphatic carbocycles. The van der Waals surface area contributed by atoms with Gasteiger partial charge in [-0.25, -0.2) is 0 Å². The van der Waals surface area contributed by atoms with Gasteiger partial charge >= 0.3 is 0 Å². The Morgan fingerprint density at radius 3 is 2.40 bits per heavy atom. The van der Waals surface area contributed by atoms with Crippen molar-refractivity contribution in [3.8, 4) is 11.5 Å². The van der Waals surface area contributed by atoms with Crippen LogP contribution in [-0.2, 0) is 11.2 Å². The average molecular weight is 342 g/mol. The van der Waals surface area contributed by atoms with Crippen LogP contribution in [0.4, 0.5) is 5.69 Å². The van der Waals surface area contributed by atoms with Crippen molar-refractivity contribution in [1.29, 1.82) is 0 Å². The van der Waals surface area contributed by atoms with Crippen molar-refractivity contribution >= 4 is 17.5 Å². The molecule has 6 nitrogen and oxygen atoms in total. The molecular formula is C19H22N2O4. The van der Waals surface area contributed by atoms with E-state index in [1.54, 1.807) is 25.2 Å². The predicted octanol–water partition coefficient (Wildman–Crippen LogP) is 2.63. The Morgan fingerprint density at radius 1 is 1.08 bits per heavy atom. The summed E-state index contributed by atoms with van der Waals surface area (Å²) in [4.78, 5) is 24.1. The number of ether oxygens (including phenoxy) is 2. The Balaban J connectivity index is 2.09. The highest BCUT2D eigenvalue weighted by Crippen LogP contribution is 2.26. The molecule has 0 bridgehead atoms. The van der Waals surface area contributed by atoms with Crippen LogP contribution in [0, 0.1) is 0 Å². The highest BCUT2D eigenvalue weighted by molar-refractivity contribution is 5.98. The number of anilines is 1. The Morgan fingerprint density at radius 2 is 1.80 bits per heavy atom. The van der Waals surface area contributed by atoms with Crippen molar-refractivity contribution in [2.75, 3.05) is 26.1 Å². The summed E-state index contributed by atoms with van der Waals surface area (Å²) < 4.78 is 10.6. The molecule has 2 rings (SSSR count). The zero-order chi connectivity index (χ0) is 18.2. The van der Waals surface area contributed by atoms with Gasteiger partial charge in [-0.3, -0.25) is 9.59 Å². The number of rotatable bonds is 7. The van der Waals surface area contributed by atoms with Crippen LogP contribution in [0.25, 0.3) is 0 Å². The number of methoxy groups -OCH3 is 1. The lowest BCUT2D eigenvalue weighted by molar-refractivity contribution is -0.115. The van der Waals surface area contributed by atoms with Crippen LogP contribution in [0.5, 0.6) is 11.5 Å². The molecule has 2 amide bonds. The minimum atomic E-state index is -0.232. The molecule has 0 heterocycles. The number of hydrogen-bond donors (Lipinski definition) is 2. The zero-order valence-electron chi connectivity index (χ0n) is 14.6. The molecule has 0 spiro atoms. The van der Waals surface area contributed by atoms with Crippen LogP contribution >= 0.6 is 0 Å². The molecule has 0 radical (unpaired) electrons. The summed E-state index contributed by atoms with van der Waals surface area (Å²) in [5.74, 6) is 0.834. The lowest BCUT2D eigenvalue weighted by Gasteiger charge is -2.12. The van der Waals surface area contributed by atoms with E-state index in [0.717, 1.165) is 11.3 Å². The molecule has 0 atom stereocenters. The van der Waals surface area contributed by atoms with Crippen LogP contribution < -0.4 is 20.1 Å². The summed E-state index contributed by atoms with van der Waals surface area (Å²) in [5.41, 5.74) is 1.77. The number of carbonyl (C=O) groups excluding carboxylic acids is 2. The molecule has 0 aliphatic heterocycles. The molecule has 6 heteroatoms. The van der Waals surface area contributed by atoms with E-state index in [-0.39, 0.29) is 18.2 Å². The van der Waals surface area contributed by atoms with Gasteiger partial charge in [0.1, 0.15) is 11.5 Å². The molecule has 2 aromatic rings. The quantitative estimate of drug-likeness (QED) is 0.811. The SMILES string of the molecule is CCOc1ccc(CC(=O)Nc2cc(C(=O)NC)ccc2OC)cc1. The third kappa shape index (κ3) is 4.97. The van der Waals surface area contributed by atoms with E-state index in [0.29, 0.717) is 23.6 Å². The Bertz CT molecular complexity index is 742. The van der Waals surface area contributed by atoms with Crippen LogP contribution in [0.2, 0.25) is 0 Å². The van der Waals surface area contributed by atoms with Crippen molar-refractivity contribution in [2.24, 2.45) is 0 Å². The van der Waals surface area contributed by atoms with Crippen molar-refractivity contribution in [3.63, 3.8) is 0 Å². The maximum absolute atomic E-state index is 12.3. The van der Waals surface area contributed by atoms with Gasteiger partial charge in [0, 0.05) is 12.6 Å². The molecule has 0 saturated heterocycles. The van der Waals surface area contributed by atoms with Gasteiger partial charge in [-0.05, 0) is 42.8 Å². The smallest absolute Gasteiger partial charge is 0.251 e. The number of carbonyl (C=O) groups is 2. The van der Waals surface area contributed by atoms with E-state index in [4.69, 9.17) is 9.47 Å². The average Bonchev–Trinajstić information content (AvgIpc) is 2.62. The minimum absolute atomic E-state index is 0.198. The third-order valence-corrected chi connectivity index (χ3v) is 3.56. The zero-order valence-corrected chi connectivity index (χ0v) is 14.6. The van der Waals surface area contributed by atoms with E-state index in [1.807, 2.05) is 31.2 Å². The first-order valence-electron chi connectivity index (χ1n) is 7.99. The molecule has 25 heavy (non-hydrogen) atoms. The number of benzene rings is 2. The van der Waals surface area contributed by atoms with Gasteiger partial charge in [0.15, 0.2) is 0 Å². The predicted molar refractivity (Wildman–Crippen MR) is 96.3 cm³/mol. The fourth-order valence-electron chi connectivity index (χ4n) is 2.34. The minimum Gasteiger partial charge on any atom is -0.495 e. The fourth-order valence-corrected chi connectivity index (χ4v) is 2.34. The third-order valence-electron chi connectivity index (χ3n) is 3.56. The highest BCUT2D eigenvalue weighted by Gasteiger charge is 2.12. The van der Waals surface area contributed by atoms with Gasteiger partial charge in [0.05, 0.1) is 25.8 Å². The van der Waals surface area contributed by atoms with E-state index in [1.165, 1.54) is 7.11 Å². The lowest BCUT2D eigenvalue weighted by Crippen LogP contribution is -2.19. The first-order chi connectivity index (χ1) is 12.1. The van der Waals surface area contributed by atoms with Gasteiger partial charge in [-0.15, -0.1) is 0 Å². The summed E-state index contributed by atoms with van der Waals surface area (Å²) in [6.45, 7) is 2.52. The summed E-state index contributed by atoms with van der Waals surface area (Å²) in [7, 11) is 3.06. The number of amides is 2. The molecule has 0 fully saturated rings. The standard InChI is InChI=1S/C19H22N2O4/c1-4-25-15-8-5-13(6-9-15)11-18(22)21-16-12-14(19(23)20-2)7-10-17(16)24-3/h5-10,12H,4,11H2,1-3H3,(H,20,23)(H,21,22). The molecule has 132 valence electrons. The number of hydrogen-bond acceptors (Lipinski definition) is 4. The van der Waals surface area contributed by atoms with E-state index < -0.39 is 0 Å². The Labute approximate surface area is 147 Å². The first kappa shape index (κ1) is 18.3. The first-order valence-corrected chi connectivity index (χ1v) is 7.99. The van der Waals surface area contributed by atoms with E-state index in [2.05, 4.69) is 10.6 Å². The lowest BCUT2D eigenvalue weighted by atomic mass is 10.1. The molecule has 2 N–H and O–H groups in total. The molecule has 0 saturated carbocycles. The van der Waals surface area contributed by atoms with Gasteiger partial charge in [-0.1, -0.05) is 12.1 Å². The monoisotopic (exact) mass is 342 g/mol. The maximum Gasteiger partial charge on any atom is 0.251 e. The Kier molecular flexibility index (Phi) is 6.39. The van der Waals surface area contributed by atoms with Gasteiger partial charge in [0.25, 0.3) is 5.91 Å². The number of nitrogens with one attached hydrogen (secondary N) is 2. The fraction of sp³-hybridized carbons (Fsp3) is 0.263. The summed E-state index contributed by atoms with van der Waals surface area (Å²) in [6, 6.07) is 12.2. The molecule has 0 aromatic heterocycles. The second kappa shape index (κ2) is 8.73. The van der Waals surface area contributed by atoms with Gasteiger partial charge in [0.2, 0.25) is 5.91 Å². The summed E-state index contributed by atoms with van der Waals surface area (Å²) in [6.07, 6.45) is 0.208. The van der Waals surface area contributed by atoms with Crippen LogP contribution in [-0.4, -0.2) is 32.6 Å². The Hall–Kier alpha value is -3.02. The maximum atomic E-state index is 12.3. The van der Waals surface area contributed by atoms with Crippen LogP contribution in [0.1, 0.15) is 22.8 Å². The topological polar surface area (TPSA) is 76.7 Å². The van der Waals surface area contributed by atoms with E-state index >= 15 is 0 Å².